The quantitative estimate of drug-likeness (QED) is 0.845. The van der Waals surface area contributed by atoms with E-state index in [0.717, 1.165) is 24.8 Å². The highest BCUT2D eigenvalue weighted by Gasteiger charge is 2.52. The summed E-state index contributed by atoms with van der Waals surface area (Å²) >= 11 is 0. The molecule has 4 fully saturated rings. The van der Waals surface area contributed by atoms with Crippen molar-refractivity contribution in [1.29, 1.82) is 0 Å². The van der Waals surface area contributed by atoms with E-state index >= 15 is 0 Å². The van der Waals surface area contributed by atoms with Crippen LogP contribution in [0.3, 0.4) is 0 Å². The summed E-state index contributed by atoms with van der Waals surface area (Å²) in [6.45, 7) is 0.393. The lowest BCUT2D eigenvalue weighted by molar-refractivity contribution is -0.132. The predicted octanol–water partition coefficient (Wildman–Crippen LogP) is 3.58. The first-order valence-corrected chi connectivity index (χ1v) is 10.4. The Morgan fingerprint density at radius 3 is 2.39 bits per heavy atom. The number of fused-ring (bicyclic) bond motifs is 1. The second kappa shape index (κ2) is 6.46. The van der Waals surface area contributed by atoms with Gasteiger partial charge in [0.1, 0.15) is 11.9 Å². The number of ether oxygens (including phenoxy) is 1. The average Bonchev–Trinajstić information content (AvgIpc) is 2.64. The van der Waals surface area contributed by atoms with Gasteiger partial charge in [0.15, 0.2) is 0 Å². The normalized spacial score (nSPS) is 35.4. The third-order valence-corrected chi connectivity index (χ3v) is 7.42. The van der Waals surface area contributed by atoms with Gasteiger partial charge >= 0.3 is 6.09 Å². The van der Waals surface area contributed by atoms with Crippen LogP contribution >= 0.6 is 0 Å². The molecule has 0 unspecified atom stereocenters. The third-order valence-electron chi connectivity index (χ3n) is 7.42. The zero-order valence-electron chi connectivity index (χ0n) is 16.2. The molecule has 1 atom stereocenters. The molecular weight excluding hydrogens is 359 g/mol. The monoisotopic (exact) mass is 386 g/mol. The van der Waals surface area contributed by atoms with Crippen molar-refractivity contribution in [3.63, 3.8) is 0 Å². The van der Waals surface area contributed by atoms with Crippen molar-refractivity contribution in [1.82, 2.24) is 10.2 Å². The minimum absolute atomic E-state index is 0.154. The molecule has 0 spiro atoms. The number of carbonyl (C=O) groups is 2. The van der Waals surface area contributed by atoms with Crippen LogP contribution in [0.2, 0.25) is 0 Å². The van der Waals surface area contributed by atoms with Gasteiger partial charge in [-0.25, -0.2) is 9.18 Å². The molecule has 6 heteroatoms. The second-order valence-corrected chi connectivity index (χ2v) is 9.35. The third kappa shape index (κ3) is 2.88. The molecule has 0 radical (unpaired) electrons. The molecule has 4 aliphatic carbocycles. The molecule has 0 saturated heterocycles. The van der Waals surface area contributed by atoms with Crippen molar-refractivity contribution >= 4 is 12.0 Å². The number of nitrogens with zero attached hydrogens (tertiary/aromatic N) is 1. The predicted molar refractivity (Wildman–Crippen MR) is 101 cm³/mol. The maximum absolute atomic E-state index is 14.0. The van der Waals surface area contributed by atoms with Gasteiger partial charge in [0, 0.05) is 12.1 Å². The van der Waals surface area contributed by atoms with Crippen molar-refractivity contribution < 1.29 is 18.7 Å². The summed E-state index contributed by atoms with van der Waals surface area (Å²) < 4.78 is 18.9. The van der Waals surface area contributed by atoms with E-state index in [-0.39, 0.29) is 11.4 Å². The van der Waals surface area contributed by atoms with Crippen LogP contribution in [-0.2, 0) is 16.0 Å². The van der Waals surface area contributed by atoms with Gasteiger partial charge < -0.3 is 10.1 Å². The highest BCUT2D eigenvalue weighted by molar-refractivity contribution is 5.88. The van der Waals surface area contributed by atoms with Gasteiger partial charge in [-0.2, -0.15) is 0 Å². The van der Waals surface area contributed by atoms with Crippen molar-refractivity contribution in [2.45, 2.75) is 56.5 Å². The number of hydrogen-bond acceptors (Lipinski definition) is 3. The Labute approximate surface area is 164 Å². The Morgan fingerprint density at radius 1 is 1.14 bits per heavy atom. The van der Waals surface area contributed by atoms with E-state index < -0.39 is 18.0 Å². The summed E-state index contributed by atoms with van der Waals surface area (Å²) in [4.78, 5) is 27.3. The number of nitrogens with one attached hydrogen (secondary N) is 1. The molecule has 2 amide bonds. The fraction of sp³-hybridized carbons (Fsp3) is 0.636. The Bertz CT molecular complexity index is 789. The molecule has 0 aromatic heterocycles. The molecule has 6 rings (SSSR count). The van der Waals surface area contributed by atoms with Crippen molar-refractivity contribution in [2.24, 2.45) is 17.8 Å². The highest BCUT2D eigenvalue weighted by atomic mass is 19.1. The van der Waals surface area contributed by atoms with E-state index in [2.05, 4.69) is 5.32 Å². The number of amides is 2. The van der Waals surface area contributed by atoms with Crippen molar-refractivity contribution in [2.75, 3.05) is 13.7 Å². The maximum Gasteiger partial charge on any atom is 0.410 e. The molecule has 1 N–H and O–H groups in total. The number of carbonyl (C=O) groups excluding carboxylic acids is 2. The molecule has 1 aromatic rings. The second-order valence-electron chi connectivity index (χ2n) is 9.35. The molecule has 4 bridgehead atoms. The van der Waals surface area contributed by atoms with Gasteiger partial charge in [0.25, 0.3) is 0 Å². The topological polar surface area (TPSA) is 58.6 Å². The molecule has 1 heterocycles. The Kier molecular flexibility index (Phi) is 4.14. The minimum atomic E-state index is -0.833. The van der Waals surface area contributed by atoms with E-state index in [0.29, 0.717) is 36.3 Å². The zero-order valence-corrected chi connectivity index (χ0v) is 16.2. The van der Waals surface area contributed by atoms with Gasteiger partial charge in [0.05, 0.1) is 7.11 Å². The van der Waals surface area contributed by atoms with Crippen LogP contribution in [0.1, 0.15) is 55.7 Å². The number of benzene rings is 1. The van der Waals surface area contributed by atoms with Crippen molar-refractivity contribution in [3.05, 3.63) is 35.1 Å². The summed E-state index contributed by atoms with van der Waals surface area (Å²) in [7, 11) is 1.32. The van der Waals surface area contributed by atoms with Crippen molar-refractivity contribution in [3.8, 4) is 0 Å². The van der Waals surface area contributed by atoms with Crippen LogP contribution in [0.15, 0.2) is 18.2 Å². The summed E-state index contributed by atoms with van der Waals surface area (Å²) in [5, 5.41) is 3.35. The van der Waals surface area contributed by atoms with Gasteiger partial charge in [-0.3, -0.25) is 9.69 Å². The first-order chi connectivity index (χ1) is 13.5. The van der Waals surface area contributed by atoms with Crippen LogP contribution in [0.25, 0.3) is 0 Å². The Morgan fingerprint density at radius 2 is 1.79 bits per heavy atom. The standard InChI is InChI=1S/C22H27FN2O3/c1-28-21(27)25-5-4-16-2-3-17(23)9-18(16)19(25)20(26)24-22-10-13-6-14(11-22)8-15(7-13)12-22/h2-3,9,13-15,19H,4-8,10-12H2,1H3,(H,24,26)/t13?,14?,15?,19-,22?/m0/s1. The summed E-state index contributed by atoms with van der Waals surface area (Å²) in [6, 6.07) is 3.71. The molecule has 5 aliphatic rings. The van der Waals surface area contributed by atoms with E-state index in [9.17, 15) is 14.0 Å². The van der Waals surface area contributed by atoms with E-state index in [4.69, 9.17) is 4.74 Å². The fourth-order valence-corrected chi connectivity index (χ4v) is 6.78. The smallest absolute Gasteiger partial charge is 0.410 e. The van der Waals surface area contributed by atoms with Crippen LogP contribution in [0.4, 0.5) is 9.18 Å². The lowest BCUT2D eigenvalue weighted by Gasteiger charge is -2.57. The van der Waals surface area contributed by atoms with Gasteiger partial charge in [0.2, 0.25) is 5.91 Å². The SMILES string of the molecule is COC(=O)N1CCc2ccc(F)cc2[C@H]1C(=O)NC12CC3CC(CC(C3)C1)C2. The van der Waals surface area contributed by atoms with E-state index in [1.165, 1.54) is 43.4 Å². The zero-order chi connectivity index (χ0) is 19.5. The van der Waals surface area contributed by atoms with Gasteiger partial charge in [-0.1, -0.05) is 6.07 Å². The number of methoxy groups -OCH3 is 1. The van der Waals surface area contributed by atoms with Gasteiger partial charge in [-0.05, 0) is 86.0 Å². The fourth-order valence-electron chi connectivity index (χ4n) is 6.78. The molecule has 5 nitrogen and oxygen atoms in total. The largest absolute Gasteiger partial charge is 0.453 e. The lowest BCUT2D eigenvalue weighted by Crippen LogP contribution is -2.62. The summed E-state index contributed by atoms with van der Waals surface area (Å²) in [6.07, 6.45) is 7.03. The first kappa shape index (κ1) is 18.0. The Hall–Kier alpha value is -2.11. The summed E-state index contributed by atoms with van der Waals surface area (Å²) in [5.41, 5.74) is 1.35. The molecule has 1 aromatic carbocycles. The molecule has 28 heavy (non-hydrogen) atoms. The number of hydrogen-bond donors (Lipinski definition) is 1. The number of rotatable bonds is 2. The molecule has 150 valence electrons. The Balaban J connectivity index is 1.46. The lowest BCUT2D eigenvalue weighted by atomic mass is 9.53. The highest BCUT2D eigenvalue weighted by Crippen LogP contribution is 2.55. The summed E-state index contributed by atoms with van der Waals surface area (Å²) in [5.74, 6) is 1.54. The van der Waals surface area contributed by atoms with Crippen LogP contribution in [0.5, 0.6) is 0 Å². The maximum atomic E-state index is 14.0. The van der Waals surface area contributed by atoms with Crippen LogP contribution in [-0.4, -0.2) is 36.1 Å². The average molecular weight is 386 g/mol. The van der Waals surface area contributed by atoms with Crippen LogP contribution < -0.4 is 5.32 Å². The van der Waals surface area contributed by atoms with E-state index in [1.54, 1.807) is 6.07 Å². The van der Waals surface area contributed by atoms with E-state index in [1.807, 2.05) is 0 Å². The minimum Gasteiger partial charge on any atom is -0.453 e. The molecule has 4 saturated carbocycles. The molecular formula is C22H27FN2O3. The first-order valence-electron chi connectivity index (χ1n) is 10.4. The van der Waals surface area contributed by atoms with Gasteiger partial charge in [-0.15, -0.1) is 0 Å². The van der Waals surface area contributed by atoms with Crippen LogP contribution in [0, 0.1) is 23.6 Å². The number of halogens is 1. The molecule has 1 aliphatic heterocycles.